The number of rotatable bonds is 34. The average molecular weight is 617 g/mol. The van der Waals surface area contributed by atoms with E-state index in [2.05, 4.69) is 50.3 Å². The molecule has 0 aromatic carbocycles. The average Bonchev–Trinajstić information content (AvgIpc) is 3.01. The Hall–Kier alpha value is -1.84. The zero-order valence-corrected chi connectivity index (χ0v) is 29.2. The van der Waals surface area contributed by atoms with Gasteiger partial charge in [0.2, 0.25) is 0 Å². The molecule has 0 bridgehead atoms. The molecule has 0 fully saturated rings. The van der Waals surface area contributed by atoms with Gasteiger partial charge in [-0.15, -0.1) is 0 Å². The van der Waals surface area contributed by atoms with Crippen molar-refractivity contribution in [3.8, 4) is 0 Å². The van der Waals surface area contributed by atoms with Crippen molar-refractivity contribution in [2.75, 3.05) is 0 Å². The highest BCUT2D eigenvalue weighted by Gasteiger charge is 2.12. The summed E-state index contributed by atoms with van der Waals surface area (Å²) in [4.78, 5) is 22.8. The first-order valence-corrected chi connectivity index (χ1v) is 19.0. The first-order chi connectivity index (χ1) is 21.6. The lowest BCUT2D eigenvalue weighted by atomic mass is 10.0. The van der Waals surface area contributed by atoms with Crippen LogP contribution in [0.5, 0.6) is 0 Å². The van der Waals surface area contributed by atoms with Crippen molar-refractivity contribution in [2.45, 2.75) is 206 Å². The second kappa shape index (κ2) is 35.6. The van der Waals surface area contributed by atoms with Gasteiger partial charge in [0, 0.05) is 12.8 Å². The maximum Gasteiger partial charge on any atom is 0.306 e. The van der Waals surface area contributed by atoms with E-state index in [1.54, 1.807) is 0 Å². The Morgan fingerprint density at radius 2 is 0.932 bits per heavy atom. The Kier molecular flexibility index (Phi) is 34.1. The van der Waals surface area contributed by atoms with Crippen LogP contribution < -0.4 is 0 Å². The number of esters is 1. The molecule has 0 saturated carbocycles. The summed E-state index contributed by atoms with van der Waals surface area (Å²) in [6.45, 7) is 4.30. The smallest absolute Gasteiger partial charge is 0.306 e. The highest BCUT2D eigenvalue weighted by molar-refractivity contribution is 5.69. The molecule has 0 saturated heterocycles. The van der Waals surface area contributed by atoms with E-state index in [9.17, 15) is 9.59 Å². The van der Waals surface area contributed by atoms with Gasteiger partial charge in [0.15, 0.2) is 0 Å². The monoisotopic (exact) mass is 617 g/mol. The quantitative estimate of drug-likeness (QED) is 0.0444. The van der Waals surface area contributed by atoms with Crippen molar-refractivity contribution < 1.29 is 19.4 Å². The summed E-state index contributed by atoms with van der Waals surface area (Å²) in [7, 11) is 0. The van der Waals surface area contributed by atoms with Gasteiger partial charge in [-0.2, -0.15) is 0 Å². The van der Waals surface area contributed by atoms with Crippen LogP contribution in [-0.2, 0) is 14.3 Å². The number of carbonyl (C=O) groups is 2. The molecule has 1 unspecified atom stereocenters. The molecule has 0 radical (unpaired) electrons. The van der Waals surface area contributed by atoms with E-state index < -0.39 is 5.97 Å². The van der Waals surface area contributed by atoms with Crippen LogP contribution in [0.3, 0.4) is 0 Å². The van der Waals surface area contributed by atoms with Crippen molar-refractivity contribution >= 4 is 11.9 Å². The first kappa shape index (κ1) is 42.2. The summed E-state index contributed by atoms with van der Waals surface area (Å²) in [5, 5.41) is 8.65. The van der Waals surface area contributed by atoms with Crippen LogP contribution in [0.1, 0.15) is 200 Å². The molecule has 0 aliphatic rings. The second-order valence-electron chi connectivity index (χ2n) is 12.7. The fourth-order valence-corrected chi connectivity index (χ4v) is 5.60. The van der Waals surface area contributed by atoms with Crippen LogP contribution >= 0.6 is 0 Å². The van der Waals surface area contributed by atoms with E-state index >= 15 is 0 Å². The van der Waals surface area contributed by atoms with Gasteiger partial charge < -0.3 is 9.84 Å². The fourth-order valence-electron chi connectivity index (χ4n) is 5.60. The second-order valence-corrected chi connectivity index (χ2v) is 12.7. The Morgan fingerprint density at radius 1 is 0.523 bits per heavy atom. The molecule has 0 heterocycles. The largest absolute Gasteiger partial charge is 0.481 e. The molecule has 1 N–H and O–H groups in total. The van der Waals surface area contributed by atoms with Crippen LogP contribution in [0, 0.1) is 0 Å². The van der Waals surface area contributed by atoms with Crippen molar-refractivity contribution in [1.82, 2.24) is 0 Å². The molecule has 256 valence electrons. The van der Waals surface area contributed by atoms with Crippen LogP contribution in [0.15, 0.2) is 36.5 Å². The molecule has 0 aliphatic heterocycles. The number of aliphatic carboxylic acids is 1. The number of allylic oxidation sites excluding steroid dienone is 6. The van der Waals surface area contributed by atoms with Crippen LogP contribution in [0.4, 0.5) is 0 Å². The number of hydrogen-bond acceptors (Lipinski definition) is 3. The van der Waals surface area contributed by atoms with Crippen molar-refractivity contribution in [3.05, 3.63) is 36.5 Å². The molecular formula is C40H72O4. The number of hydrogen-bond donors (Lipinski definition) is 1. The number of ether oxygens (including phenoxy) is 1. The number of carboxylic acids is 1. The van der Waals surface area contributed by atoms with Crippen molar-refractivity contribution in [2.24, 2.45) is 0 Å². The minimum absolute atomic E-state index is 0.00735. The predicted molar refractivity (Wildman–Crippen MR) is 190 cm³/mol. The van der Waals surface area contributed by atoms with Gasteiger partial charge >= 0.3 is 11.9 Å². The molecule has 4 heteroatoms. The van der Waals surface area contributed by atoms with Gasteiger partial charge in [-0.25, -0.2) is 0 Å². The highest BCUT2D eigenvalue weighted by atomic mass is 16.5. The Morgan fingerprint density at radius 3 is 1.41 bits per heavy atom. The van der Waals surface area contributed by atoms with Crippen molar-refractivity contribution in [3.63, 3.8) is 0 Å². The molecule has 0 aromatic heterocycles. The summed E-state index contributed by atoms with van der Waals surface area (Å²) >= 11 is 0. The molecular weight excluding hydrogens is 544 g/mol. The van der Waals surface area contributed by atoms with Gasteiger partial charge in [-0.3, -0.25) is 9.59 Å². The third-order valence-corrected chi connectivity index (χ3v) is 8.45. The molecule has 0 aliphatic carbocycles. The predicted octanol–water partition coefficient (Wildman–Crippen LogP) is 13.0. The molecule has 0 rings (SSSR count). The van der Waals surface area contributed by atoms with E-state index in [1.807, 2.05) is 0 Å². The van der Waals surface area contributed by atoms with E-state index in [-0.39, 0.29) is 12.1 Å². The third-order valence-electron chi connectivity index (χ3n) is 8.45. The molecule has 0 amide bonds. The van der Waals surface area contributed by atoms with E-state index in [0.29, 0.717) is 12.8 Å². The number of unbranched alkanes of at least 4 members (excludes halogenated alkanes) is 20. The Bertz CT molecular complexity index is 708. The lowest BCUT2D eigenvalue weighted by Crippen LogP contribution is -2.17. The summed E-state index contributed by atoms with van der Waals surface area (Å²) in [5.74, 6) is -0.664. The minimum atomic E-state index is -0.672. The first-order valence-electron chi connectivity index (χ1n) is 19.0. The van der Waals surface area contributed by atoms with Gasteiger partial charge in [0.1, 0.15) is 6.10 Å². The summed E-state index contributed by atoms with van der Waals surface area (Å²) in [6.07, 6.45) is 46.8. The zero-order chi connectivity index (χ0) is 32.2. The number of carboxylic acid groups (broad SMARTS) is 1. The van der Waals surface area contributed by atoms with E-state index in [4.69, 9.17) is 9.84 Å². The number of carbonyl (C=O) groups excluding carboxylic acids is 1. The molecule has 4 nitrogen and oxygen atoms in total. The molecule has 44 heavy (non-hydrogen) atoms. The fraction of sp³-hybridized carbons (Fsp3) is 0.800. The van der Waals surface area contributed by atoms with Gasteiger partial charge in [-0.05, 0) is 64.2 Å². The maximum atomic E-state index is 12.3. The SMILES string of the molecule is CC/C=C\C/C=C\C/C=C\CCCCCCCCCCCC(=O)OC(CC)CCCCCCCCCCCCCCC(=O)O. The van der Waals surface area contributed by atoms with Crippen molar-refractivity contribution in [1.29, 1.82) is 0 Å². The summed E-state index contributed by atoms with van der Waals surface area (Å²) < 4.78 is 5.78. The molecule has 1 atom stereocenters. The minimum Gasteiger partial charge on any atom is -0.481 e. The molecule has 0 aromatic rings. The van der Waals surface area contributed by atoms with Gasteiger partial charge in [0.25, 0.3) is 0 Å². The normalized spacial score (nSPS) is 12.6. The lowest BCUT2D eigenvalue weighted by molar-refractivity contribution is -0.149. The standard InChI is InChI=1S/C40H72O4/c1-3-5-6-7-8-9-10-11-12-13-14-15-16-17-22-25-28-31-34-37-40(43)44-38(4-2)35-32-29-26-23-20-18-19-21-24-27-30-33-36-39(41)42/h5-6,8-9,11-12,38H,3-4,7,10,13-37H2,1-2H3,(H,41,42)/b6-5-,9-8-,12-11-. The third kappa shape index (κ3) is 34.6. The Labute approximate surface area is 273 Å². The highest BCUT2D eigenvalue weighted by Crippen LogP contribution is 2.17. The van der Waals surface area contributed by atoms with Crippen LogP contribution in [-0.4, -0.2) is 23.1 Å². The van der Waals surface area contributed by atoms with E-state index in [1.165, 1.54) is 109 Å². The topological polar surface area (TPSA) is 63.6 Å². The van der Waals surface area contributed by atoms with Crippen LogP contribution in [0.2, 0.25) is 0 Å². The Balaban J connectivity index is 3.45. The lowest BCUT2D eigenvalue weighted by Gasteiger charge is -2.16. The molecule has 0 spiro atoms. The van der Waals surface area contributed by atoms with Crippen LogP contribution in [0.25, 0.3) is 0 Å². The summed E-state index contributed by atoms with van der Waals surface area (Å²) in [6, 6.07) is 0. The maximum absolute atomic E-state index is 12.3. The van der Waals surface area contributed by atoms with Gasteiger partial charge in [-0.1, -0.05) is 159 Å². The zero-order valence-electron chi connectivity index (χ0n) is 29.2. The van der Waals surface area contributed by atoms with Gasteiger partial charge in [0.05, 0.1) is 0 Å². The van der Waals surface area contributed by atoms with E-state index in [0.717, 1.165) is 64.2 Å². The summed E-state index contributed by atoms with van der Waals surface area (Å²) in [5.41, 5.74) is 0.